The van der Waals surface area contributed by atoms with Gasteiger partial charge in [-0.15, -0.1) is 0 Å². The molecule has 2 aliphatic rings. The van der Waals surface area contributed by atoms with Crippen LogP contribution < -0.4 is 19.7 Å². The van der Waals surface area contributed by atoms with E-state index in [0.717, 1.165) is 43.1 Å². The zero-order chi connectivity index (χ0) is 20.4. The average Bonchev–Trinajstić information content (AvgIpc) is 2.69. The number of likely N-dealkylation sites (N-methyl/N-ethyl adjacent to an activating group) is 1. The van der Waals surface area contributed by atoms with Crippen LogP contribution in [0.15, 0.2) is 30.3 Å². The molecule has 0 bridgehead atoms. The molecule has 1 saturated heterocycles. The molecule has 2 aromatic rings. The monoisotopic (exact) mass is 435 g/mol. The SMILES string of the molecule is CN1CCN(c2ccc(Cl)cc2NC(=O)Cc2cc(Cl)c3c(c2)OCCO3)CC1. The average molecular weight is 436 g/mol. The summed E-state index contributed by atoms with van der Waals surface area (Å²) >= 11 is 12.5. The first-order valence-corrected chi connectivity index (χ1v) is 10.4. The van der Waals surface area contributed by atoms with Crippen molar-refractivity contribution in [3.63, 3.8) is 0 Å². The predicted octanol–water partition coefficient (Wildman–Crippen LogP) is 3.70. The van der Waals surface area contributed by atoms with Crippen molar-refractivity contribution in [3.05, 3.63) is 45.9 Å². The number of amides is 1. The van der Waals surface area contributed by atoms with Crippen molar-refractivity contribution in [2.24, 2.45) is 0 Å². The van der Waals surface area contributed by atoms with Crippen molar-refractivity contribution in [1.29, 1.82) is 0 Å². The molecule has 2 heterocycles. The molecule has 6 nitrogen and oxygen atoms in total. The Morgan fingerprint density at radius 1 is 1.07 bits per heavy atom. The number of halogens is 2. The van der Waals surface area contributed by atoms with Gasteiger partial charge in [-0.2, -0.15) is 0 Å². The lowest BCUT2D eigenvalue weighted by Crippen LogP contribution is -2.44. The van der Waals surface area contributed by atoms with Crippen LogP contribution in [0.5, 0.6) is 11.5 Å². The lowest BCUT2D eigenvalue weighted by Gasteiger charge is -2.35. The van der Waals surface area contributed by atoms with Gasteiger partial charge >= 0.3 is 0 Å². The van der Waals surface area contributed by atoms with Gasteiger partial charge in [0.1, 0.15) is 13.2 Å². The minimum absolute atomic E-state index is 0.143. The van der Waals surface area contributed by atoms with Crippen molar-refractivity contribution in [2.75, 3.05) is 56.7 Å². The highest BCUT2D eigenvalue weighted by atomic mass is 35.5. The van der Waals surface area contributed by atoms with Crippen molar-refractivity contribution in [3.8, 4) is 11.5 Å². The summed E-state index contributed by atoms with van der Waals surface area (Å²) < 4.78 is 11.1. The van der Waals surface area contributed by atoms with Gasteiger partial charge < -0.3 is 24.6 Å². The third-order valence-corrected chi connectivity index (χ3v) is 5.61. The maximum atomic E-state index is 12.8. The number of rotatable bonds is 4. The van der Waals surface area contributed by atoms with Crippen LogP contribution in [-0.4, -0.2) is 57.2 Å². The molecule has 154 valence electrons. The molecule has 0 radical (unpaired) electrons. The highest BCUT2D eigenvalue weighted by molar-refractivity contribution is 6.32. The van der Waals surface area contributed by atoms with Crippen molar-refractivity contribution < 1.29 is 14.3 Å². The van der Waals surface area contributed by atoms with Gasteiger partial charge in [0.05, 0.1) is 22.8 Å². The van der Waals surface area contributed by atoms with Gasteiger partial charge in [0, 0.05) is 31.2 Å². The van der Waals surface area contributed by atoms with Gasteiger partial charge in [-0.25, -0.2) is 0 Å². The number of hydrogen-bond donors (Lipinski definition) is 1. The normalized spacial score (nSPS) is 16.6. The van der Waals surface area contributed by atoms with E-state index >= 15 is 0 Å². The van der Waals surface area contributed by atoms with Gasteiger partial charge in [-0.1, -0.05) is 23.2 Å². The fraction of sp³-hybridized carbons (Fsp3) is 0.381. The van der Waals surface area contributed by atoms with Crippen LogP contribution in [0.1, 0.15) is 5.56 Å². The highest BCUT2D eigenvalue weighted by Crippen LogP contribution is 2.38. The molecular weight excluding hydrogens is 413 g/mol. The number of hydrogen-bond acceptors (Lipinski definition) is 5. The molecule has 1 fully saturated rings. The van der Waals surface area contributed by atoms with E-state index in [4.69, 9.17) is 32.7 Å². The third kappa shape index (κ3) is 4.71. The Balaban J connectivity index is 1.50. The highest BCUT2D eigenvalue weighted by Gasteiger charge is 2.20. The maximum Gasteiger partial charge on any atom is 0.228 e. The molecular formula is C21H23Cl2N3O3. The molecule has 1 N–H and O–H groups in total. The van der Waals surface area contributed by atoms with E-state index < -0.39 is 0 Å². The van der Waals surface area contributed by atoms with Crippen molar-refractivity contribution in [1.82, 2.24) is 4.90 Å². The number of ether oxygens (including phenoxy) is 2. The Morgan fingerprint density at radius 2 is 1.83 bits per heavy atom. The Labute approximate surface area is 180 Å². The van der Waals surface area contributed by atoms with Crippen LogP contribution in [0.2, 0.25) is 10.0 Å². The summed E-state index contributed by atoms with van der Waals surface area (Å²) in [6.07, 6.45) is 0.172. The number of carbonyl (C=O) groups is 1. The summed E-state index contributed by atoms with van der Waals surface area (Å²) in [5, 5.41) is 4.05. The standard InChI is InChI=1S/C21H23Cl2N3O3/c1-25-4-6-26(7-5-25)18-3-2-15(22)13-17(18)24-20(27)12-14-10-16(23)21-19(11-14)28-8-9-29-21/h2-3,10-11,13H,4-9,12H2,1H3,(H,24,27). The third-order valence-electron chi connectivity index (χ3n) is 5.10. The van der Waals surface area contributed by atoms with Gasteiger partial charge in [-0.3, -0.25) is 4.79 Å². The largest absolute Gasteiger partial charge is 0.486 e. The number of fused-ring (bicyclic) bond motifs is 1. The van der Waals surface area contributed by atoms with E-state index in [1.807, 2.05) is 12.1 Å². The summed E-state index contributed by atoms with van der Waals surface area (Å²) in [6, 6.07) is 9.16. The second kappa shape index (κ2) is 8.69. The lowest BCUT2D eigenvalue weighted by atomic mass is 10.1. The van der Waals surface area contributed by atoms with Crippen LogP contribution >= 0.6 is 23.2 Å². The molecule has 8 heteroatoms. The van der Waals surface area contributed by atoms with E-state index in [-0.39, 0.29) is 12.3 Å². The molecule has 0 aliphatic carbocycles. The Kier molecular flexibility index (Phi) is 6.04. The summed E-state index contributed by atoms with van der Waals surface area (Å²) in [6.45, 7) is 4.70. The Bertz CT molecular complexity index is 914. The maximum absolute atomic E-state index is 12.8. The first-order chi connectivity index (χ1) is 14.0. The van der Waals surface area contributed by atoms with E-state index in [2.05, 4.69) is 22.2 Å². The lowest BCUT2D eigenvalue weighted by molar-refractivity contribution is -0.115. The summed E-state index contributed by atoms with van der Waals surface area (Å²) in [5.74, 6) is 0.970. The zero-order valence-corrected chi connectivity index (χ0v) is 17.7. The first-order valence-electron chi connectivity index (χ1n) is 9.60. The van der Waals surface area contributed by atoms with E-state index in [0.29, 0.717) is 34.8 Å². The molecule has 0 spiro atoms. The number of anilines is 2. The predicted molar refractivity (Wildman–Crippen MR) is 116 cm³/mol. The van der Waals surface area contributed by atoms with Gasteiger partial charge in [0.25, 0.3) is 0 Å². The van der Waals surface area contributed by atoms with Crippen LogP contribution in [0.3, 0.4) is 0 Å². The van der Waals surface area contributed by atoms with Gasteiger partial charge in [0.15, 0.2) is 11.5 Å². The molecule has 29 heavy (non-hydrogen) atoms. The zero-order valence-electron chi connectivity index (χ0n) is 16.2. The number of piperazine rings is 1. The Hall–Kier alpha value is -2.15. The van der Waals surface area contributed by atoms with E-state index in [1.165, 1.54) is 0 Å². The van der Waals surface area contributed by atoms with Crippen molar-refractivity contribution in [2.45, 2.75) is 6.42 Å². The Morgan fingerprint density at radius 3 is 2.62 bits per heavy atom. The molecule has 1 amide bonds. The quantitative estimate of drug-likeness (QED) is 0.793. The second-order valence-corrected chi connectivity index (χ2v) is 8.12. The smallest absolute Gasteiger partial charge is 0.228 e. The second-order valence-electron chi connectivity index (χ2n) is 7.28. The summed E-state index contributed by atoms with van der Waals surface area (Å²) in [5.41, 5.74) is 2.46. The minimum Gasteiger partial charge on any atom is -0.486 e. The topological polar surface area (TPSA) is 54.0 Å². The summed E-state index contributed by atoms with van der Waals surface area (Å²) in [7, 11) is 2.11. The molecule has 4 rings (SSSR count). The molecule has 0 unspecified atom stereocenters. The van der Waals surface area contributed by atoms with Gasteiger partial charge in [-0.05, 0) is 42.9 Å². The number of nitrogens with one attached hydrogen (secondary N) is 1. The summed E-state index contributed by atoms with van der Waals surface area (Å²) in [4.78, 5) is 17.3. The van der Waals surface area contributed by atoms with Crippen LogP contribution in [0, 0.1) is 0 Å². The molecule has 0 saturated carbocycles. The van der Waals surface area contributed by atoms with Crippen LogP contribution in [-0.2, 0) is 11.2 Å². The van der Waals surface area contributed by atoms with Crippen LogP contribution in [0.4, 0.5) is 11.4 Å². The van der Waals surface area contributed by atoms with Crippen molar-refractivity contribution >= 4 is 40.5 Å². The molecule has 2 aromatic carbocycles. The van der Waals surface area contributed by atoms with Crippen LogP contribution in [0.25, 0.3) is 0 Å². The number of nitrogens with zero attached hydrogens (tertiary/aromatic N) is 2. The molecule has 0 aromatic heterocycles. The molecule has 2 aliphatic heterocycles. The number of carbonyl (C=O) groups excluding carboxylic acids is 1. The van der Waals surface area contributed by atoms with E-state index in [1.54, 1.807) is 18.2 Å². The molecule has 0 atom stereocenters. The van der Waals surface area contributed by atoms with Gasteiger partial charge in [0.2, 0.25) is 5.91 Å². The fourth-order valence-corrected chi connectivity index (χ4v) is 4.04. The first kappa shape index (κ1) is 20.1. The number of benzene rings is 2. The fourth-order valence-electron chi connectivity index (χ4n) is 3.58. The van der Waals surface area contributed by atoms with E-state index in [9.17, 15) is 4.79 Å². The minimum atomic E-state index is -0.143.